The SMILES string of the molecule is COc1cc(S(N)(=O)=O)ccc1NCC#Cc1cc2c(NC3CCC(N4C[C@H](O)[C@@H](O)C4)CC3)cccc2n1CC(F)(F)F. The fraction of sp³-hybridized carbons (Fsp3) is 0.467. The van der Waals surface area contributed by atoms with E-state index in [1.165, 1.54) is 25.3 Å². The molecule has 1 aliphatic carbocycles. The molecular weight excluding hydrogens is 599 g/mol. The number of fused-ring (bicyclic) bond motifs is 1. The third-order valence-electron chi connectivity index (χ3n) is 8.23. The molecule has 2 aromatic carbocycles. The van der Waals surface area contributed by atoms with Crippen molar-refractivity contribution in [2.24, 2.45) is 5.14 Å². The van der Waals surface area contributed by atoms with Crippen molar-refractivity contribution in [3.8, 4) is 17.6 Å². The molecule has 2 atom stereocenters. The van der Waals surface area contributed by atoms with Gasteiger partial charge in [-0.3, -0.25) is 4.90 Å². The molecule has 10 nitrogen and oxygen atoms in total. The first-order chi connectivity index (χ1) is 20.8. The average molecular weight is 636 g/mol. The smallest absolute Gasteiger partial charge is 0.406 e. The predicted molar refractivity (Wildman–Crippen MR) is 161 cm³/mol. The van der Waals surface area contributed by atoms with Crippen LogP contribution in [0.4, 0.5) is 24.5 Å². The Morgan fingerprint density at radius 3 is 2.39 bits per heavy atom. The number of halogens is 3. The topological polar surface area (TPSA) is 142 Å². The minimum atomic E-state index is -4.46. The summed E-state index contributed by atoms with van der Waals surface area (Å²) in [5.41, 5.74) is 1.81. The van der Waals surface area contributed by atoms with Gasteiger partial charge in [0, 0.05) is 42.3 Å². The Bertz CT molecular complexity index is 1650. The lowest BCUT2D eigenvalue weighted by molar-refractivity contribution is -0.140. The molecule has 1 aliphatic heterocycles. The van der Waals surface area contributed by atoms with E-state index in [2.05, 4.69) is 27.4 Å². The van der Waals surface area contributed by atoms with Gasteiger partial charge in [-0.1, -0.05) is 12.0 Å². The van der Waals surface area contributed by atoms with E-state index in [9.17, 15) is 31.8 Å². The number of hydrogen-bond acceptors (Lipinski definition) is 8. The van der Waals surface area contributed by atoms with Crippen LogP contribution < -0.4 is 20.5 Å². The van der Waals surface area contributed by atoms with Crippen LogP contribution in [0.15, 0.2) is 47.4 Å². The van der Waals surface area contributed by atoms with Crippen molar-refractivity contribution in [2.45, 2.75) is 67.6 Å². The Morgan fingerprint density at radius 1 is 1.05 bits per heavy atom. The molecule has 2 heterocycles. The Labute approximate surface area is 254 Å². The number of sulfonamides is 1. The molecule has 44 heavy (non-hydrogen) atoms. The normalized spacial score (nSPS) is 22.9. The highest BCUT2D eigenvalue weighted by molar-refractivity contribution is 7.89. The maximum Gasteiger partial charge on any atom is 0.406 e. The monoisotopic (exact) mass is 635 g/mol. The Kier molecular flexibility index (Phi) is 9.33. The molecule has 1 saturated carbocycles. The Morgan fingerprint density at radius 2 is 1.75 bits per heavy atom. The summed E-state index contributed by atoms with van der Waals surface area (Å²) in [7, 11) is -2.55. The first kappa shape index (κ1) is 31.9. The third kappa shape index (κ3) is 7.41. The van der Waals surface area contributed by atoms with E-state index in [0.29, 0.717) is 29.7 Å². The lowest BCUT2D eigenvalue weighted by Gasteiger charge is -2.35. The highest BCUT2D eigenvalue weighted by atomic mass is 32.2. The zero-order valence-electron chi connectivity index (χ0n) is 24.1. The number of ether oxygens (including phenoxy) is 1. The number of hydrogen-bond donors (Lipinski definition) is 5. The molecule has 238 valence electrons. The van der Waals surface area contributed by atoms with Crippen molar-refractivity contribution in [3.05, 3.63) is 48.2 Å². The zero-order chi connectivity index (χ0) is 31.6. The minimum absolute atomic E-state index is 0.0536. The largest absolute Gasteiger partial charge is 0.495 e. The number of nitrogens with two attached hydrogens (primary N) is 1. The van der Waals surface area contributed by atoms with Crippen LogP contribution in [0, 0.1) is 11.8 Å². The van der Waals surface area contributed by atoms with Gasteiger partial charge in [0.05, 0.1) is 47.7 Å². The Balaban J connectivity index is 1.32. The van der Waals surface area contributed by atoms with Crippen molar-refractivity contribution in [2.75, 3.05) is 37.4 Å². The minimum Gasteiger partial charge on any atom is -0.495 e. The highest BCUT2D eigenvalue weighted by Gasteiger charge is 2.35. The lowest BCUT2D eigenvalue weighted by atomic mass is 9.90. The van der Waals surface area contributed by atoms with Crippen molar-refractivity contribution >= 4 is 32.3 Å². The average Bonchev–Trinajstić information content (AvgIpc) is 3.49. The van der Waals surface area contributed by atoms with Crippen LogP contribution in [-0.4, -0.2) is 85.3 Å². The molecule has 0 spiro atoms. The van der Waals surface area contributed by atoms with E-state index in [1.54, 1.807) is 18.2 Å². The molecule has 0 radical (unpaired) electrons. The van der Waals surface area contributed by atoms with Crippen LogP contribution in [0.5, 0.6) is 5.75 Å². The predicted octanol–water partition coefficient (Wildman–Crippen LogP) is 3.08. The molecular formula is C30H36F3N5O5S. The lowest BCUT2D eigenvalue weighted by Crippen LogP contribution is -2.39. The fourth-order valence-electron chi connectivity index (χ4n) is 6.03. The number of alkyl halides is 3. The molecule has 2 fully saturated rings. The first-order valence-corrected chi connectivity index (χ1v) is 15.9. The number of aliphatic hydroxyl groups excluding tert-OH is 2. The molecule has 14 heteroatoms. The van der Waals surface area contributed by atoms with E-state index in [0.717, 1.165) is 35.9 Å². The van der Waals surface area contributed by atoms with Crippen LogP contribution in [0.1, 0.15) is 31.4 Å². The molecule has 0 unspecified atom stereocenters. The van der Waals surface area contributed by atoms with E-state index < -0.39 is 35.0 Å². The summed E-state index contributed by atoms with van der Waals surface area (Å²) in [5, 5.41) is 32.2. The van der Waals surface area contributed by atoms with Gasteiger partial charge in [-0.25, -0.2) is 13.6 Å². The number of benzene rings is 2. The second-order valence-corrected chi connectivity index (χ2v) is 12.8. The van der Waals surface area contributed by atoms with Gasteiger partial charge in [0.2, 0.25) is 10.0 Å². The summed E-state index contributed by atoms with van der Waals surface area (Å²) in [5.74, 6) is 5.95. The second kappa shape index (κ2) is 12.9. The number of primary sulfonamides is 1. The van der Waals surface area contributed by atoms with Crippen LogP contribution in [0.25, 0.3) is 10.9 Å². The summed E-state index contributed by atoms with van der Waals surface area (Å²) in [6.07, 6.45) is -2.41. The third-order valence-corrected chi connectivity index (χ3v) is 9.14. The molecule has 0 amide bonds. The maximum absolute atomic E-state index is 13.6. The summed E-state index contributed by atoms with van der Waals surface area (Å²) >= 11 is 0. The number of rotatable bonds is 8. The fourth-order valence-corrected chi connectivity index (χ4v) is 6.56. The van der Waals surface area contributed by atoms with E-state index in [4.69, 9.17) is 9.88 Å². The number of anilines is 2. The summed E-state index contributed by atoms with van der Waals surface area (Å²) < 4.78 is 70.5. The van der Waals surface area contributed by atoms with Crippen LogP contribution in [0.2, 0.25) is 0 Å². The first-order valence-electron chi connectivity index (χ1n) is 14.3. The zero-order valence-corrected chi connectivity index (χ0v) is 25.0. The highest BCUT2D eigenvalue weighted by Crippen LogP contribution is 2.33. The summed E-state index contributed by atoms with van der Waals surface area (Å²) in [6.45, 7) is -0.210. The molecule has 0 bridgehead atoms. The van der Waals surface area contributed by atoms with Crippen LogP contribution in [-0.2, 0) is 16.6 Å². The standard InChI is InChI=1S/C30H36F3N5O5S/c1-43-29-15-22(44(34,41)42)11-12-25(29)35-13-3-4-21-14-23-24(5-2-6-26(23)38(21)18-30(31,32)33)36-19-7-9-20(10-8-19)37-16-27(39)28(40)17-37/h2,5-6,11-12,14-15,19-20,27-28,35-36,39-40H,7-10,13,16-18H2,1H3,(H2,34,41,42)/t19?,20?,27-,28-/m0/s1. The van der Waals surface area contributed by atoms with Gasteiger partial charge in [0.1, 0.15) is 12.3 Å². The van der Waals surface area contributed by atoms with Gasteiger partial charge >= 0.3 is 6.18 Å². The van der Waals surface area contributed by atoms with Crippen LogP contribution in [0.3, 0.4) is 0 Å². The number of nitrogens with zero attached hydrogens (tertiary/aromatic N) is 2. The van der Waals surface area contributed by atoms with Gasteiger partial charge in [-0.15, -0.1) is 0 Å². The Hall–Kier alpha value is -3.48. The number of aliphatic hydroxyl groups is 2. The van der Waals surface area contributed by atoms with Gasteiger partial charge < -0.3 is 30.2 Å². The number of methoxy groups -OCH3 is 1. The van der Waals surface area contributed by atoms with E-state index >= 15 is 0 Å². The van der Waals surface area contributed by atoms with Crippen molar-refractivity contribution < 1.29 is 36.5 Å². The molecule has 5 rings (SSSR count). The van der Waals surface area contributed by atoms with Crippen molar-refractivity contribution in [1.82, 2.24) is 9.47 Å². The van der Waals surface area contributed by atoms with Gasteiger partial charge in [-0.2, -0.15) is 13.2 Å². The quantitative estimate of drug-likeness (QED) is 0.238. The molecule has 6 N–H and O–H groups in total. The number of nitrogens with one attached hydrogen (secondary N) is 2. The molecule has 1 saturated heterocycles. The number of β-amino-alcohol motifs (C(OH)–C–C–N with tert-alkyl or cyclic N) is 2. The van der Waals surface area contributed by atoms with Crippen LogP contribution >= 0.6 is 0 Å². The van der Waals surface area contributed by atoms with Crippen molar-refractivity contribution in [3.63, 3.8) is 0 Å². The number of likely N-dealkylation sites (tertiary alicyclic amines) is 1. The number of aromatic nitrogens is 1. The second-order valence-electron chi connectivity index (χ2n) is 11.3. The van der Waals surface area contributed by atoms with Crippen molar-refractivity contribution in [1.29, 1.82) is 0 Å². The van der Waals surface area contributed by atoms with E-state index in [1.807, 2.05) is 6.07 Å². The maximum atomic E-state index is 13.6. The molecule has 2 aliphatic rings. The van der Waals surface area contributed by atoms with Gasteiger partial charge in [0.15, 0.2) is 0 Å². The molecule has 3 aromatic rings. The summed E-state index contributed by atoms with van der Waals surface area (Å²) in [4.78, 5) is 2.02. The van der Waals surface area contributed by atoms with E-state index in [-0.39, 0.29) is 35.0 Å². The van der Waals surface area contributed by atoms with Gasteiger partial charge in [0.25, 0.3) is 0 Å². The molecule has 1 aromatic heterocycles. The summed E-state index contributed by atoms with van der Waals surface area (Å²) in [6, 6.07) is 11.4. The van der Waals surface area contributed by atoms with Gasteiger partial charge in [-0.05, 0) is 61.9 Å².